The average molecular weight is 249 g/mol. The van der Waals surface area contributed by atoms with Gasteiger partial charge in [-0.3, -0.25) is 0 Å². The van der Waals surface area contributed by atoms with Crippen LogP contribution in [-0.2, 0) is 14.6 Å². The first kappa shape index (κ1) is 13.9. The van der Waals surface area contributed by atoms with Gasteiger partial charge in [-0.25, -0.2) is 8.42 Å². The maximum absolute atomic E-state index is 11.8. The van der Waals surface area contributed by atoms with Gasteiger partial charge in [-0.05, 0) is 33.6 Å². The fraction of sp³-hybridized carbons (Fsp3) is 1.00. The molecule has 5 heteroatoms. The van der Waals surface area contributed by atoms with E-state index in [9.17, 15) is 8.42 Å². The maximum atomic E-state index is 11.8. The summed E-state index contributed by atoms with van der Waals surface area (Å²) >= 11 is 0. The van der Waals surface area contributed by atoms with E-state index in [2.05, 4.69) is 5.32 Å². The zero-order valence-electron chi connectivity index (χ0n) is 10.5. The number of sulfone groups is 1. The summed E-state index contributed by atoms with van der Waals surface area (Å²) in [6, 6.07) is 0. The second-order valence-electron chi connectivity index (χ2n) is 5.43. The van der Waals surface area contributed by atoms with E-state index in [-0.39, 0.29) is 23.1 Å². The maximum Gasteiger partial charge on any atom is 0.154 e. The molecule has 0 amide bonds. The standard InChI is InChI=1S/C11H23NO3S/c1-11(2,3)12-6-8-16(13,14)9-10-5-4-7-15-10/h10,12H,4-9H2,1-3H3. The van der Waals surface area contributed by atoms with Gasteiger partial charge in [-0.2, -0.15) is 0 Å². The Kier molecular flexibility index (Phi) is 4.76. The number of hydrogen-bond donors (Lipinski definition) is 1. The quantitative estimate of drug-likeness (QED) is 0.789. The van der Waals surface area contributed by atoms with Crippen LogP contribution in [0.15, 0.2) is 0 Å². The molecule has 0 aromatic heterocycles. The SMILES string of the molecule is CC(C)(C)NCCS(=O)(=O)CC1CCCO1. The summed E-state index contributed by atoms with van der Waals surface area (Å²) in [4.78, 5) is 0. The van der Waals surface area contributed by atoms with Gasteiger partial charge in [-0.1, -0.05) is 0 Å². The van der Waals surface area contributed by atoms with Crippen molar-refractivity contribution < 1.29 is 13.2 Å². The molecule has 1 aliphatic heterocycles. The van der Waals surface area contributed by atoms with Crippen molar-refractivity contribution in [2.75, 3.05) is 24.7 Å². The van der Waals surface area contributed by atoms with Gasteiger partial charge in [0.25, 0.3) is 0 Å². The van der Waals surface area contributed by atoms with Crippen LogP contribution in [-0.4, -0.2) is 44.7 Å². The Bertz CT molecular complexity index is 300. The largest absolute Gasteiger partial charge is 0.377 e. The second-order valence-corrected chi connectivity index (χ2v) is 7.65. The first-order chi connectivity index (χ1) is 7.29. The van der Waals surface area contributed by atoms with Crippen molar-refractivity contribution in [3.63, 3.8) is 0 Å². The topological polar surface area (TPSA) is 55.4 Å². The number of ether oxygens (including phenoxy) is 1. The van der Waals surface area contributed by atoms with Crippen LogP contribution in [0.4, 0.5) is 0 Å². The fourth-order valence-corrected chi connectivity index (χ4v) is 3.13. The van der Waals surface area contributed by atoms with Gasteiger partial charge < -0.3 is 10.1 Å². The van der Waals surface area contributed by atoms with Crippen LogP contribution in [0, 0.1) is 0 Å². The minimum absolute atomic E-state index is 0.0284. The van der Waals surface area contributed by atoms with E-state index in [1.54, 1.807) is 0 Å². The molecule has 96 valence electrons. The summed E-state index contributed by atoms with van der Waals surface area (Å²) in [5.74, 6) is 0.378. The van der Waals surface area contributed by atoms with Crippen LogP contribution in [0.2, 0.25) is 0 Å². The molecule has 0 radical (unpaired) electrons. The van der Waals surface area contributed by atoms with Crippen LogP contribution in [0.1, 0.15) is 33.6 Å². The molecule has 1 atom stereocenters. The Morgan fingerprint density at radius 3 is 2.56 bits per heavy atom. The lowest BCUT2D eigenvalue weighted by Crippen LogP contribution is -2.39. The van der Waals surface area contributed by atoms with Crippen LogP contribution >= 0.6 is 0 Å². The molecular weight excluding hydrogens is 226 g/mol. The van der Waals surface area contributed by atoms with E-state index in [4.69, 9.17) is 4.74 Å². The summed E-state index contributed by atoms with van der Waals surface area (Å²) in [6.45, 7) is 7.30. The molecule has 1 rings (SSSR count). The Hall–Kier alpha value is -0.130. The molecule has 0 aromatic carbocycles. The van der Waals surface area contributed by atoms with Crippen molar-refractivity contribution in [2.24, 2.45) is 0 Å². The van der Waals surface area contributed by atoms with Crippen LogP contribution in [0.5, 0.6) is 0 Å². The number of rotatable bonds is 5. The zero-order valence-corrected chi connectivity index (χ0v) is 11.3. The molecule has 0 spiro atoms. The first-order valence-corrected chi connectivity index (χ1v) is 7.68. The zero-order chi connectivity index (χ0) is 12.2. The van der Waals surface area contributed by atoms with E-state index in [0.717, 1.165) is 12.8 Å². The van der Waals surface area contributed by atoms with Crippen molar-refractivity contribution in [1.82, 2.24) is 5.32 Å². The lowest BCUT2D eigenvalue weighted by molar-refractivity contribution is 0.127. The summed E-state index contributed by atoms with van der Waals surface area (Å²) in [6.07, 6.45) is 1.80. The third-order valence-corrected chi connectivity index (χ3v) is 4.24. The first-order valence-electron chi connectivity index (χ1n) is 5.86. The highest BCUT2D eigenvalue weighted by Gasteiger charge is 2.23. The molecule has 0 aromatic rings. The van der Waals surface area contributed by atoms with Crippen LogP contribution < -0.4 is 5.32 Å². The lowest BCUT2D eigenvalue weighted by Gasteiger charge is -2.20. The lowest BCUT2D eigenvalue weighted by atomic mass is 10.1. The van der Waals surface area contributed by atoms with Crippen molar-refractivity contribution in [2.45, 2.75) is 45.3 Å². The average Bonchev–Trinajstić information content (AvgIpc) is 2.52. The van der Waals surface area contributed by atoms with Crippen molar-refractivity contribution in [3.8, 4) is 0 Å². The minimum Gasteiger partial charge on any atom is -0.377 e. The van der Waals surface area contributed by atoms with E-state index < -0.39 is 9.84 Å². The predicted octanol–water partition coefficient (Wildman–Crippen LogP) is 0.968. The summed E-state index contributed by atoms with van der Waals surface area (Å²) in [5.41, 5.74) is -0.0284. The Morgan fingerprint density at radius 2 is 2.06 bits per heavy atom. The second kappa shape index (κ2) is 5.47. The highest BCUT2D eigenvalue weighted by atomic mass is 32.2. The molecule has 1 saturated heterocycles. The third-order valence-electron chi connectivity index (χ3n) is 2.53. The summed E-state index contributed by atoms with van der Waals surface area (Å²) < 4.78 is 28.8. The monoisotopic (exact) mass is 249 g/mol. The van der Waals surface area contributed by atoms with Crippen LogP contribution in [0.3, 0.4) is 0 Å². The Balaban J connectivity index is 2.28. The van der Waals surface area contributed by atoms with Crippen LogP contribution in [0.25, 0.3) is 0 Å². The number of nitrogens with one attached hydrogen (secondary N) is 1. The minimum atomic E-state index is -2.97. The normalized spacial score (nSPS) is 22.6. The molecule has 1 aliphatic rings. The van der Waals surface area contributed by atoms with Crippen molar-refractivity contribution in [1.29, 1.82) is 0 Å². The molecule has 16 heavy (non-hydrogen) atoms. The van der Waals surface area contributed by atoms with Gasteiger partial charge in [0.1, 0.15) is 0 Å². The van der Waals surface area contributed by atoms with E-state index in [1.165, 1.54) is 0 Å². The van der Waals surface area contributed by atoms with E-state index in [0.29, 0.717) is 13.2 Å². The summed E-state index contributed by atoms with van der Waals surface area (Å²) in [5, 5.41) is 3.18. The Morgan fingerprint density at radius 1 is 1.38 bits per heavy atom. The van der Waals surface area contributed by atoms with Crippen molar-refractivity contribution in [3.05, 3.63) is 0 Å². The number of hydrogen-bond acceptors (Lipinski definition) is 4. The van der Waals surface area contributed by atoms with Gasteiger partial charge in [0.2, 0.25) is 0 Å². The predicted molar refractivity (Wildman–Crippen MR) is 65.4 cm³/mol. The molecule has 1 fully saturated rings. The van der Waals surface area contributed by atoms with Crippen molar-refractivity contribution >= 4 is 9.84 Å². The van der Waals surface area contributed by atoms with Gasteiger partial charge in [0.05, 0.1) is 17.6 Å². The molecule has 1 heterocycles. The highest BCUT2D eigenvalue weighted by molar-refractivity contribution is 7.91. The molecule has 4 nitrogen and oxygen atoms in total. The van der Waals surface area contributed by atoms with Gasteiger partial charge in [-0.15, -0.1) is 0 Å². The van der Waals surface area contributed by atoms with Gasteiger partial charge >= 0.3 is 0 Å². The molecule has 0 bridgehead atoms. The van der Waals surface area contributed by atoms with Gasteiger partial charge in [0, 0.05) is 18.7 Å². The van der Waals surface area contributed by atoms with E-state index >= 15 is 0 Å². The highest BCUT2D eigenvalue weighted by Crippen LogP contribution is 2.14. The van der Waals surface area contributed by atoms with E-state index in [1.807, 2.05) is 20.8 Å². The molecular formula is C11H23NO3S. The molecule has 0 saturated carbocycles. The smallest absolute Gasteiger partial charge is 0.154 e. The molecule has 1 N–H and O–H groups in total. The molecule has 1 unspecified atom stereocenters. The fourth-order valence-electron chi connectivity index (χ4n) is 1.72. The Labute approximate surface area is 98.7 Å². The summed E-state index contributed by atoms with van der Waals surface area (Å²) in [7, 11) is -2.97. The third kappa shape index (κ3) is 5.82. The van der Waals surface area contributed by atoms with Gasteiger partial charge in [0.15, 0.2) is 9.84 Å². The molecule has 0 aliphatic carbocycles.